The Bertz CT molecular complexity index is 273. The fourth-order valence-corrected chi connectivity index (χ4v) is 0.654. The summed E-state index contributed by atoms with van der Waals surface area (Å²) in [6.07, 6.45) is 0. The van der Waals surface area contributed by atoms with Crippen molar-refractivity contribution in [1.29, 1.82) is 0 Å². The van der Waals surface area contributed by atoms with Crippen molar-refractivity contribution in [2.24, 2.45) is 5.73 Å². The maximum atomic E-state index is 10.7. The van der Waals surface area contributed by atoms with Gasteiger partial charge in [-0.3, -0.25) is 0 Å². The molecule has 0 aliphatic heterocycles. The third-order valence-corrected chi connectivity index (χ3v) is 1.76. The highest BCUT2D eigenvalue weighted by Crippen LogP contribution is 2.13. The van der Waals surface area contributed by atoms with Crippen molar-refractivity contribution in [2.45, 2.75) is 32.1 Å². The summed E-state index contributed by atoms with van der Waals surface area (Å²) in [5, 5.41) is 17.1. The van der Waals surface area contributed by atoms with Crippen LogP contribution in [0.15, 0.2) is 0 Å². The van der Waals surface area contributed by atoms with E-state index in [0.29, 0.717) is 0 Å². The second-order valence-corrected chi connectivity index (χ2v) is 4.10. The van der Waals surface area contributed by atoms with Gasteiger partial charge >= 0.3 is 11.9 Å². The van der Waals surface area contributed by atoms with Gasteiger partial charge in [-0.25, -0.2) is 9.59 Å². The first-order valence-electron chi connectivity index (χ1n) is 4.59. The van der Waals surface area contributed by atoms with Crippen molar-refractivity contribution in [3.8, 4) is 0 Å². The maximum absolute atomic E-state index is 10.7. The minimum atomic E-state index is -1.40. The largest absolute Gasteiger partial charge is 0.480 e. The molecule has 0 aromatic rings. The molecule has 7 heteroatoms. The summed E-state index contributed by atoms with van der Waals surface area (Å²) >= 11 is 0. The number of hydrogen-bond acceptors (Lipinski definition) is 5. The van der Waals surface area contributed by atoms with Crippen LogP contribution in [0.25, 0.3) is 0 Å². The third-order valence-electron chi connectivity index (χ3n) is 1.76. The number of carboxylic acid groups (broad SMARTS) is 2. The first-order chi connectivity index (χ1) is 7.07. The van der Waals surface area contributed by atoms with Crippen LogP contribution < -0.4 is 5.73 Å². The van der Waals surface area contributed by atoms with Gasteiger partial charge in [-0.15, -0.1) is 0 Å². The summed E-state index contributed by atoms with van der Waals surface area (Å²) in [5.41, 5.74) is 2.83. The highest BCUT2D eigenvalue weighted by molar-refractivity contribution is 5.76. The van der Waals surface area contributed by atoms with Gasteiger partial charge in [0.05, 0.1) is 6.61 Å². The van der Waals surface area contributed by atoms with E-state index in [9.17, 15) is 9.59 Å². The van der Waals surface area contributed by atoms with Crippen molar-refractivity contribution in [1.82, 2.24) is 0 Å². The zero-order chi connectivity index (χ0) is 13.0. The van der Waals surface area contributed by atoms with Crippen molar-refractivity contribution in [3.05, 3.63) is 0 Å². The molecule has 4 N–H and O–H groups in total. The van der Waals surface area contributed by atoms with Gasteiger partial charge in [-0.2, -0.15) is 0 Å². The van der Waals surface area contributed by atoms with E-state index in [2.05, 4.69) is 0 Å². The molecule has 0 unspecified atom stereocenters. The zero-order valence-corrected chi connectivity index (χ0v) is 9.52. The van der Waals surface area contributed by atoms with Gasteiger partial charge in [0.25, 0.3) is 0 Å². The van der Waals surface area contributed by atoms with Crippen LogP contribution >= 0.6 is 0 Å². The zero-order valence-electron chi connectivity index (χ0n) is 9.52. The van der Waals surface area contributed by atoms with Crippen molar-refractivity contribution in [2.75, 3.05) is 13.2 Å². The monoisotopic (exact) mass is 235 g/mol. The average Bonchev–Trinajstić information content (AvgIpc) is 2.12. The Balaban J connectivity index is 4.17. The van der Waals surface area contributed by atoms with Crippen LogP contribution in [0, 0.1) is 0 Å². The van der Waals surface area contributed by atoms with Crippen LogP contribution in [-0.2, 0) is 19.1 Å². The Labute approximate surface area is 93.1 Å². The molecule has 0 radical (unpaired) electrons. The van der Waals surface area contributed by atoms with Crippen LogP contribution in [0.1, 0.15) is 20.8 Å². The summed E-state index contributed by atoms with van der Waals surface area (Å²) in [7, 11) is 0. The van der Waals surface area contributed by atoms with Gasteiger partial charge in [0.2, 0.25) is 0 Å². The SMILES string of the molecule is CC(C)(OC[C@](C)(N)OCC(=O)O)C(=O)O. The second-order valence-electron chi connectivity index (χ2n) is 4.10. The molecule has 0 aliphatic carbocycles. The molecule has 0 aliphatic rings. The van der Waals surface area contributed by atoms with E-state index >= 15 is 0 Å². The summed E-state index contributed by atoms with van der Waals surface area (Å²) in [6, 6.07) is 0. The predicted molar refractivity (Wildman–Crippen MR) is 53.8 cm³/mol. The highest BCUT2D eigenvalue weighted by Gasteiger charge is 2.32. The number of nitrogens with two attached hydrogens (primary N) is 1. The number of hydrogen-bond donors (Lipinski definition) is 3. The lowest BCUT2D eigenvalue weighted by Gasteiger charge is -2.28. The molecule has 0 rings (SSSR count). The molecule has 0 heterocycles. The topological polar surface area (TPSA) is 119 Å². The van der Waals surface area contributed by atoms with Crippen LogP contribution in [0.2, 0.25) is 0 Å². The first-order valence-corrected chi connectivity index (χ1v) is 4.59. The molecular weight excluding hydrogens is 218 g/mol. The molecule has 0 aromatic heterocycles. The van der Waals surface area contributed by atoms with Crippen molar-refractivity contribution >= 4 is 11.9 Å². The van der Waals surface area contributed by atoms with E-state index in [0.717, 1.165) is 0 Å². The number of carboxylic acids is 2. The first kappa shape index (κ1) is 14.8. The lowest BCUT2D eigenvalue weighted by Crippen LogP contribution is -2.49. The predicted octanol–water partition coefficient (Wildman–Crippen LogP) is -0.358. The van der Waals surface area contributed by atoms with E-state index in [4.69, 9.17) is 25.4 Å². The molecule has 0 fully saturated rings. The summed E-state index contributed by atoms with van der Waals surface area (Å²) in [5.74, 6) is -2.30. The lowest BCUT2D eigenvalue weighted by molar-refractivity contribution is -0.176. The Morgan fingerprint density at radius 3 is 2.06 bits per heavy atom. The molecule has 16 heavy (non-hydrogen) atoms. The van der Waals surface area contributed by atoms with Gasteiger partial charge in [0.15, 0.2) is 5.60 Å². The van der Waals surface area contributed by atoms with E-state index in [-0.39, 0.29) is 6.61 Å². The lowest BCUT2D eigenvalue weighted by atomic mass is 10.1. The number of aliphatic carboxylic acids is 2. The van der Waals surface area contributed by atoms with Gasteiger partial charge < -0.3 is 25.4 Å². The molecule has 0 amide bonds. The van der Waals surface area contributed by atoms with Gasteiger partial charge in [0, 0.05) is 0 Å². The average molecular weight is 235 g/mol. The van der Waals surface area contributed by atoms with Crippen molar-refractivity contribution in [3.63, 3.8) is 0 Å². The fraction of sp³-hybridized carbons (Fsp3) is 0.778. The minimum Gasteiger partial charge on any atom is -0.480 e. The minimum absolute atomic E-state index is 0.223. The van der Waals surface area contributed by atoms with Crippen molar-refractivity contribution < 1.29 is 29.3 Å². The van der Waals surface area contributed by atoms with Gasteiger partial charge in [0.1, 0.15) is 12.3 Å². The molecule has 0 spiro atoms. The molecule has 94 valence electrons. The van der Waals surface area contributed by atoms with E-state index in [1.807, 2.05) is 0 Å². The quantitative estimate of drug-likeness (QED) is 0.515. The number of ether oxygens (including phenoxy) is 2. The van der Waals surface area contributed by atoms with Crippen LogP contribution in [0.3, 0.4) is 0 Å². The maximum Gasteiger partial charge on any atom is 0.335 e. The van der Waals surface area contributed by atoms with E-state index < -0.39 is 29.9 Å². The molecular formula is C9H17NO6. The van der Waals surface area contributed by atoms with E-state index in [1.165, 1.54) is 20.8 Å². The van der Waals surface area contributed by atoms with Gasteiger partial charge in [-0.1, -0.05) is 0 Å². The molecule has 0 saturated heterocycles. The van der Waals surface area contributed by atoms with Crippen LogP contribution in [-0.4, -0.2) is 46.7 Å². The molecule has 0 aromatic carbocycles. The smallest absolute Gasteiger partial charge is 0.335 e. The number of carbonyl (C=O) groups is 2. The van der Waals surface area contributed by atoms with Gasteiger partial charge in [-0.05, 0) is 20.8 Å². The van der Waals surface area contributed by atoms with Crippen LogP contribution in [0.5, 0.6) is 0 Å². The van der Waals surface area contributed by atoms with Crippen LogP contribution in [0.4, 0.5) is 0 Å². The highest BCUT2D eigenvalue weighted by atomic mass is 16.6. The standard InChI is InChI=1S/C9H17NO6/c1-8(2,7(13)14)16-5-9(3,10)15-4-6(11)12/h4-5,10H2,1-3H3,(H,11,12)(H,13,14)/t9-/m1/s1. The second kappa shape index (κ2) is 5.24. The molecule has 0 bridgehead atoms. The summed E-state index contributed by atoms with van der Waals surface area (Å²) in [4.78, 5) is 20.9. The molecule has 1 atom stereocenters. The Morgan fingerprint density at radius 2 is 1.69 bits per heavy atom. The normalized spacial score (nSPS) is 15.5. The Kier molecular flexibility index (Phi) is 4.85. The Hall–Kier alpha value is -1.18. The van der Waals surface area contributed by atoms with E-state index in [1.54, 1.807) is 0 Å². The summed E-state index contributed by atoms with van der Waals surface area (Å²) < 4.78 is 9.87. The third kappa shape index (κ3) is 5.64. The molecule has 7 nitrogen and oxygen atoms in total. The number of rotatable bonds is 7. The molecule has 0 saturated carbocycles. The fourth-order valence-electron chi connectivity index (χ4n) is 0.654. The summed E-state index contributed by atoms with van der Waals surface area (Å²) in [6.45, 7) is 3.35. The Morgan fingerprint density at radius 1 is 1.19 bits per heavy atom.